The average molecular weight is 251 g/mol. The van der Waals surface area contributed by atoms with Gasteiger partial charge in [0, 0.05) is 18.7 Å². The van der Waals surface area contributed by atoms with E-state index >= 15 is 0 Å². The van der Waals surface area contributed by atoms with Gasteiger partial charge in [-0.2, -0.15) is 5.10 Å². The van der Waals surface area contributed by atoms with Gasteiger partial charge in [-0.15, -0.1) is 0 Å². The SMILES string of the molecule is CC(C)(O)CCn1ncc(NC2CCC2)cc1=O. The lowest BCUT2D eigenvalue weighted by atomic mass is 9.93. The molecule has 1 aliphatic carbocycles. The Bertz CT molecular complexity index is 458. The molecule has 0 unspecified atom stereocenters. The van der Waals surface area contributed by atoms with Crippen LogP contribution in [-0.4, -0.2) is 26.5 Å². The minimum Gasteiger partial charge on any atom is -0.390 e. The molecule has 18 heavy (non-hydrogen) atoms. The van der Waals surface area contributed by atoms with Crippen molar-refractivity contribution in [1.29, 1.82) is 0 Å². The summed E-state index contributed by atoms with van der Waals surface area (Å²) in [5, 5.41) is 17.0. The number of aryl methyl sites for hydroxylation is 1. The van der Waals surface area contributed by atoms with Crippen LogP contribution in [0, 0.1) is 0 Å². The van der Waals surface area contributed by atoms with E-state index in [4.69, 9.17) is 0 Å². The summed E-state index contributed by atoms with van der Waals surface area (Å²) in [5.74, 6) is 0. The van der Waals surface area contributed by atoms with Crippen molar-refractivity contribution >= 4 is 5.69 Å². The lowest BCUT2D eigenvalue weighted by Gasteiger charge is -2.27. The smallest absolute Gasteiger partial charge is 0.268 e. The Morgan fingerprint density at radius 2 is 2.28 bits per heavy atom. The lowest BCUT2D eigenvalue weighted by molar-refractivity contribution is 0.0646. The Kier molecular flexibility index (Phi) is 3.71. The van der Waals surface area contributed by atoms with Crippen molar-refractivity contribution in [3.63, 3.8) is 0 Å². The highest BCUT2D eigenvalue weighted by Crippen LogP contribution is 2.22. The topological polar surface area (TPSA) is 67.2 Å². The summed E-state index contributed by atoms with van der Waals surface area (Å²) in [6.45, 7) is 3.89. The summed E-state index contributed by atoms with van der Waals surface area (Å²) in [5.41, 5.74) is -0.1000. The highest BCUT2D eigenvalue weighted by atomic mass is 16.3. The third kappa shape index (κ3) is 3.57. The van der Waals surface area contributed by atoms with Crippen LogP contribution in [0.2, 0.25) is 0 Å². The van der Waals surface area contributed by atoms with Crippen molar-refractivity contribution in [2.24, 2.45) is 0 Å². The fourth-order valence-corrected chi connectivity index (χ4v) is 1.85. The maximum Gasteiger partial charge on any atom is 0.268 e. The summed E-state index contributed by atoms with van der Waals surface area (Å²) >= 11 is 0. The lowest BCUT2D eigenvalue weighted by Crippen LogP contribution is -2.30. The van der Waals surface area contributed by atoms with E-state index in [2.05, 4.69) is 10.4 Å². The van der Waals surface area contributed by atoms with Gasteiger partial charge in [-0.25, -0.2) is 4.68 Å². The number of rotatable bonds is 5. The quantitative estimate of drug-likeness (QED) is 0.829. The van der Waals surface area contributed by atoms with Gasteiger partial charge in [-0.1, -0.05) is 0 Å². The van der Waals surface area contributed by atoms with Gasteiger partial charge in [-0.05, 0) is 39.5 Å². The molecule has 0 bridgehead atoms. The van der Waals surface area contributed by atoms with E-state index in [9.17, 15) is 9.90 Å². The molecule has 1 saturated carbocycles. The van der Waals surface area contributed by atoms with Crippen LogP contribution in [0.4, 0.5) is 5.69 Å². The Balaban J connectivity index is 1.98. The minimum atomic E-state index is -0.774. The molecule has 0 atom stereocenters. The van der Waals surface area contributed by atoms with E-state index in [-0.39, 0.29) is 5.56 Å². The molecule has 0 aliphatic heterocycles. The molecule has 1 aromatic heterocycles. The van der Waals surface area contributed by atoms with Gasteiger partial charge in [0.25, 0.3) is 5.56 Å². The highest BCUT2D eigenvalue weighted by molar-refractivity contribution is 5.40. The number of nitrogens with zero attached hydrogens (tertiary/aromatic N) is 2. The maximum absolute atomic E-state index is 11.8. The predicted molar refractivity (Wildman–Crippen MR) is 70.7 cm³/mol. The Morgan fingerprint density at radius 1 is 1.56 bits per heavy atom. The van der Waals surface area contributed by atoms with Gasteiger partial charge in [0.2, 0.25) is 0 Å². The molecule has 2 rings (SSSR count). The van der Waals surface area contributed by atoms with Gasteiger partial charge in [0.15, 0.2) is 0 Å². The summed E-state index contributed by atoms with van der Waals surface area (Å²) in [6.07, 6.45) is 5.79. The second-order valence-electron chi connectivity index (χ2n) is 5.64. The third-order valence-electron chi connectivity index (χ3n) is 3.28. The van der Waals surface area contributed by atoms with Gasteiger partial charge in [-0.3, -0.25) is 4.79 Å². The van der Waals surface area contributed by atoms with E-state index in [0.29, 0.717) is 19.0 Å². The molecular weight excluding hydrogens is 230 g/mol. The van der Waals surface area contributed by atoms with E-state index in [1.807, 2.05) is 0 Å². The number of nitrogens with one attached hydrogen (secondary N) is 1. The number of hydrogen-bond acceptors (Lipinski definition) is 4. The molecule has 5 nitrogen and oxygen atoms in total. The second-order valence-corrected chi connectivity index (χ2v) is 5.64. The average Bonchev–Trinajstić information content (AvgIpc) is 2.21. The van der Waals surface area contributed by atoms with Crippen molar-refractivity contribution < 1.29 is 5.11 Å². The molecule has 5 heteroatoms. The highest BCUT2D eigenvalue weighted by Gasteiger charge is 2.17. The molecule has 1 heterocycles. The number of aromatic nitrogens is 2. The van der Waals surface area contributed by atoms with Crippen LogP contribution >= 0.6 is 0 Å². The largest absolute Gasteiger partial charge is 0.390 e. The molecule has 1 aliphatic rings. The fourth-order valence-electron chi connectivity index (χ4n) is 1.85. The summed E-state index contributed by atoms with van der Waals surface area (Å²) in [4.78, 5) is 11.8. The van der Waals surface area contributed by atoms with E-state index in [1.165, 1.54) is 23.9 Å². The standard InChI is InChI=1S/C13H21N3O2/c1-13(2,18)6-7-16-12(17)8-11(9-14-16)15-10-4-3-5-10/h8-10,15,18H,3-7H2,1-2H3. The first kappa shape index (κ1) is 13.1. The molecular formula is C13H21N3O2. The van der Waals surface area contributed by atoms with E-state index < -0.39 is 5.60 Å². The van der Waals surface area contributed by atoms with Gasteiger partial charge < -0.3 is 10.4 Å². The maximum atomic E-state index is 11.8. The molecule has 0 saturated heterocycles. The third-order valence-corrected chi connectivity index (χ3v) is 3.28. The Labute approximate surface area is 107 Å². The second kappa shape index (κ2) is 5.10. The summed E-state index contributed by atoms with van der Waals surface area (Å²) in [7, 11) is 0. The van der Waals surface area contributed by atoms with Crippen molar-refractivity contribution in [3.8, 4) is 0 Å². The monoisotopic (exact) mass is 251 g/mol. The van der Waals surface area contributed by atoms with Crippen LogP contribution < -0.4 is 10.9 Å². The summed E-state index contributed by atoms with van der Waals surface area (Å²) < 4.78 is 1.39. The van der Waals surface area contributed by atoms with Crippen LogP contribution in [0.5, 0.6) is 0 Å². The molecule has 0 radical (unpaired) electrons. The molecule has 2 N–H and O–H groups in total. The molecule has 0 amide bonds. The first-order valence-electron chi connectivity index (χ1n) is 6.50. The molecule has 1 aromatic rings. The summed E-state index contributed by atoms with van der Waals surface area (Å²) in [6, 6.07) is 2.08. The number of hydrogen-bond donors (Lipinski definition) is 2. The molecule has 1 fully saturated rings. The predicted octanol–water partition coefficient (Wildman–Crippen LogP) is 1.37. The minimum absolute atomic E-state index is 0.122. The van der Waals surface area contributed by atoms with Gasteiger partial charge in [0.1, 0.15) is 0 Å². The zero-order valence-electron chi connectivity index (χ0n) is 11.0. The van der Waals surface area contributed by atoms with Crippen LogP contribution in [0.3, 0.4) is 0 Å². The van der Waals surface area contributed by atoms with Crippen LogP contribution in [0.25, 0.3) is 0 Å². The van der Waals surface area contributed by atoms with Crippen molar-refractivity contribution in [2.45, 2.75) is 57.7 Å². The fraction of sp³-hybridized carbons (Fsp3) is 0.692. The van der Waals surface area contributed by atoms with Crippen molar-refractivity contribution in [2.75, 3.05) is 5.32 Å². The first-order chi connectivity index (χ1) is 8.44. The molecule has 100 valence electrons. The van der Waals surface area contributed by atoms with Crippen LogP contribution in [0.15, 0.2) is 17.1 Å². The van der Waals surface area contributed by atoms with Crippen molar-refractivity contribution in [3.05, 3.63) is 22.6 Å². The van der Waals surface area contributed by atoms with Gasteiger partial charge in [0.05, 0.1) is 17.5 Å². The zero-order valence-corrected chi connectivity index (χ0v) is 11.0. The van der Waals surface area contributed by atoms with Crippen molar-refractivity contribution in [1.82, 2.24) is 9.78 Å². The van der Waals surface area contributed by atoms with E-state index in [1.54, 1.807) is 26.1 Å². The first-order valence-corrected chi connectivity index (χ1v) is 6.50. The van der Waals surface area contributed by atoms with E-state index in [0.717, 1.165) is 5.69 Å². The molecule has 0 spiro atoms. The zero-order chi connectivity index (χ0) is 13.2. The van der Waals surface area contributed by atoms with Gasteiger partial charge >= 0.3 is 0 Å². The Hall–Kier alpha value is -1.36. The molecule has 0 aromatic carbocycles. The normalized spacial score (nSPS) is 16.4. The van der Waals surface area contributed by atoms with Crippen LogP contribution in [-0.2, 0) is 6.54 Å². The number of anilines is 1. The number of aliphatic hydroxyl groups is 1. The van der Waals surface area contributed by atoms with Crippen LogP contribution in [0.1, 0.15) is 39.5 Å². The Morgan fingerprint density at radius 3 is 2.78 bits per heavy atom.